The minimum absolute atomic E-state index is 0.00978. The molecule has 5 nitrogen and oxygen atoms in total. The maximum Gasteiger partial charge on any atom is 0.242 e. The van der Waals surface area contributed by atoms with Crippen molar-refractivity contribution in [2.24, 2.45) is 0 Å². The van der Waals surface area contributed by atoms with E-state index < -0.39 is 0 Å². The molecule has 2 aromatic rings. The Kier molecular flexibility index (Phi) is 6.23. The quantitative estimate of drug-likeness (QED) is 0.762. The van der Waals surface area contributed by atoms with Gasteiger partial charge in [-0.25, -0.2) is 4.39 Å². The Morgan fingerprint density at radius 3 is 2.70 bits per heavy atom. The van der Waals surface area contributed by atoms with Crippen molar-refractivity contribution in [3.8, 4) is 0 Å². The molecule has 0 saturated heterocycles. The van der Waals surface area contributed by atoms with Gasteiger partial charge in [0, 0.05) is 32.0 Å². The number of ether oxygens (including phenoxy) is 1. The summed E-state index contributed by atoms with van der Waals surface area (Å²) in [7, 11) is 1.56. The van der Waals surface area contributed by atoms with Gasteiger partial charge in [-0.05, 0) is 41.1 Å². The first-order chi connectivity index (χ1) is 13.0. The van der Waals surface area contributed by atoms with Crippen LogP contribution in [0.5, 0.6) is 0 Å². The number of hydrogen-bond acceptors (Lipinski definition) is 4. The number of nitrogens with zero attached hydrogens (tertiary/aromatic N) is 2. The largest absolute Gasteiger partial charge is 0.383 e. The molecule has 0 bridgehead atoms. The van der Waals surface area contributed by atoms with E-state index in [0.29, 0.717) is 19.7 Å². The van der Waals surface area contributed by atoms with Crippen molar-refractivity contribution in [1.82, 2.24) is 9.80 Å². The van der Waals surface area contributed by atoms with E-state index >= 15 is 0 Å². The van der Waals surface area contributed by atoms with Crippen molar-refractivity contribution in [3.63, 3.8) is 0 Å². The lowest BCUT2D eigenvalue weighted by atomic mass is 9.93. The normalized spacial score (nSPS) is 16.1. The van der Waals surface area contributed by atoms with Crippen LogP contribution in [0.25, 0.3) is 0 Å². The third kappa shape index (κ3) is 4.36. The molecule has 144 valence electrons. The van der Waals surface area contributed by atoms with E-state index in [1.165, 1.54) is 28.8 Å². The van der Waals surface area contributed by atoms with E-state index in [9.17, 15) is 14.0 Å². The monoisotopic (exact) mass is 390 g/mol. The second kappa shape index (κ2) is 8.63. The summed E-state index contributed by atoms with van der Waals surface area (Å²) in [6.45, 7) is 2.78. The fraction of sp³-hybridized carbons (Fsp3) is 0.400. The van der Waals surface area contributed by atoms with Gasteiger partial charge in [-0.1, -0.05) is 12.1 Å². The van der Waals surface area contributed by atoms with Crippen molar-refractivity contribution in [1.29, 1.82) is 0 Å². The van der Waals surface area contributed by atoms with Crippen LogP contribution in [0.15, 0.2) is 35.7 Å². The Hall–Kier alpha value is -2.25. The zero-order valence-corrected chi connectivity index (χ0v) is 16.3. The highest BCUT2D eigenvalue weighted by Crippen LogP contribution is 2.37. The van der Waals surface area contributed by atoms with Gasteiger partial charge in [-0.15, -0.1) is 11.3 Å². The predicted octanol–water partition coefficient (Wildman–Crippen LogP) is 2.86. The van der Waals surface area contributed by atoms with Crippen LogP contribution in [-0.4, -0.2) is 55.0 Å². The Labute approximate surface area is 162 Å². The van der Waals surface area contributed by atoms with E-state index in [0.717, 1.165) is 17.5 Å². The van der Waals surface area contributed by atoms with Gasteiger partial charge in [0.2, 0.25) is 11.8 Å². The molecule has 3 rings (SSSR count). The Balaban J connectivity index is 1.87. The van der Waals surface area contributed by atoms with Crippen LogP contribution in [0.1, 0.15) is 29.0 Å². The van der Waals surface area contributed by atoms with E-state index in [1.54, 1.807) is 35.5 Å². The van der Waals surface area contributed by atoms with E-state index in [-0.39, 0.29) is 30.2 Å². The van der Waals surface area contributed by atoms with Gasteiger partial charge in [0.15, 0.2) is 0 Å². The average molecular weight is 390 g/mol. The number of benzene rings is 1. The molecule has 0 spiro atoms. The van der Waals surface area contributed by atoms with E-state index in [1.807, 2.05) is 11.4 Å². The molecular weight excluding hydrogens is 367 g/mol. The summed E-state index contributed by atoms with van der Waals surface area (Å²) >= 11 is 1.68. The molecule has 0 fully saturated rings. The third-order valence-electron chi connectivity index (χ3n) is 4.81. The van der Waals surface area contributed by atoms with Gasteiger partial charge in [0.05, 0.1) is 19.2 Å². The lowest BCUT2D eigenvalue weighted by Crippen LogP contribution is -2.47. The number of carbonyl (C=O) groups excluding carboxylic acids is 2. The van der Waals surface area contributed by atoms with Crippen LogP contribution in [0, 0.1) is 5.82 Å². The van der Waals surface area contributed by atoms with E-state index in [2.05, 4.69) is 0 Å². The highest BCUT2D eigenvalue weighted by Gasteiger charge is 2.33. The number of carbonyl (C=O) groups is 2. The lowest BCUT2D eigenvalue weighted by molar-refractivity contribution is -0.141. The average Bonchev–Trinajstić information content (AvgIpc) is 3.13. The minimum atomic E-state index is -0.305. The Bertz CT molecular complexity index is 806. The summed E-state index contributed by atoms with van der Waals surface area (Å²) < 4.78 is 18.4. The number of hydrogen-bond donors (Lipinski definition) is 0. The molecule has 2 amide bonds. The van der Waals surface area contributed by atoms with Crippen molar-refractivity contribution < 1.29 is 18.7 Å². The molecular formula is C20H23FN2O3S. The van der Waals surface area contributed by atoms with Gasteiger partial charge in [0.1, 0.15) is 5.82 Å². The minimum Gasteiger partial charge on any atom is -0.383 e. The summed E-state index contributed by atoms with van der Waals surface area (Å²) in [5, 5.41) is 2.02. The number of rotatable bonds is 6. The summed E-state index contributed by atoms with van der Waals surface area (Å²) in [6.07, 6.45) is 0.786. The maximum absolute atomic E-state index is 13.4. The SMILES string of the molecule is COCCN(CC(=O)N1CCc2sccc2C1c1ccc(F)cc1)C(C)=O. The zero-order valence-electron chi connectivity index (χ0n) is 15.5. The zero-order chi connectivity index (χ0) is 19.4. The van der Waals surface area contributed by atoms with Crippen molar-refractivity contribution in [2.45, 2.75) is 19.4 Å². The molecule has 1 unspecified atom stereocenters. The fourth-order valence-electron chi connectivity index (χ4n) is 3.39. The second-order valence-electron chi connectivity index (χ2n) is 6.52. The van der Waals surface area contributed by atoms with Crippen LogP contribution >= 0.6 is 11.3 Å². The molecule has 0 saturated carbocycles. The van der Waals surface area contributed by atoms with Crippen LogP contribution in [0.4, 0.5) is 4.39 Å². The van der Waals surface area contributed by atoms with Gasteiger partial charge < -0.3 is 14.5 Å². The van der Waals surface area contributed by atoms with Gasteiger partial charge >= 0.3 is 0 Å². The first kappa shape index (κ1) is 19.5. The first-order valence-corrected chi connectivity index (χ1v) is 9.75. The molecule has 7 heteroatoms. The van der Waals surface area contributed by atoms with Gasteiger partial charge in [0.25, 0.3) is 0 Å². The van der Waals surface area contributed by atoms with Crippen LogP contribution in [-0.2, 0) is 20.7 Å². The molecule has 1 aromatic carbocycles. The Morgan fingerprint density at radius 1 is 1.30 bits per heavy atom. The summed E-state index contributed by atoms with van der Waals surface area (Å²) in [5.74, 6) is -0.584. The molecule has 1 atom stereocenters. The van der Waals surface area contributed by atoms with Crippen molar-refractivity contribution >= 4 is 23.2 Å². The second-order valence-corrected chi connectivity index (χ2v) is 7.52. The number of fused-ring (bicyclic) bond motifs is 1. The molecule has 1 aromatic heterocycles. The van der Waals surface area contributed by atoms with Gasteiger partial charge in [-0.3, -0.25) is 9.59 Å². The van der Waals surface area contributed by atoms with Crippen LogP contribution in [0.3, 0.4) is 0 Å². The number of methoxy groups -OCH3 is 1. The highest BCUT2D eigenvalue weighted by molar-refractivity contribution is 7.10. The molecule has 0 N–H and O–H groups in total. The molecule has 1 aliphatic heterocycles. The summed E-state index contributed by atoms with van der Waals surface area (Å²) in [4.78, 5) is 29.5. The van der Waals surface area contributed by atoms with Crippen molar-refractivity contribution in [3.05, 3.63) is 57.5 Å². The fourth-order valence-corrected chi connectivity index (χ4v) is 4.30. The summed E-state index contributed by atoms with van der Waals surface area (Å²) in [6, 6.07) is 8.05. The van der Waals surface area contributed by atoms with E-state index in [4.69, 9.17) is 4.74 Å². The summed E-state index contributed by atoms with van der Waals surface area (Å²) in [5.41, 5.74) is 1.95. The van der Waals surface area contributed by atoms with Crippen LogP contribution in [0.2, 0.25) is 0 Å². The predicted molar refractivity (Wildman–Crippen MR) is 102 cm³/mol. The van der Waals surface area contributed by atoms with Gasteiger partial charge in [-0.2, -0.15) is 0 Å². The molecule has 0 aliphatic carbocycles. The molecule has 27 heavy (non-hydrogen) atoms. The number of halogens is 1. The third-order valence-corrected chi connectivity index (χ3v) is 5.81. The highest BCUT2D eigenvalue weighted by atomic mass is 32.1. The topological polar surface area (TPSA) is 49.9 Å². The molecule has 1 aliphatic rings. The number of thiophene rings is 1. The van der Waals surface area contributed by atoms with Crippen LogP contribution < -0.4 is 0 Å². The standard InChI is InChI=1S/C20H23FN2O3S/c1-14(24)22(10-11-26-2)13-19(25)23-9-7-18-17(8-12-27-18)20(23)15-3-5-16(21)6-4-15/h3-6,8,12,20H,7,9-11,13H2,1-2H3. The number of amides is 2. The maximum atomic E-state index is 13.4. The first-order valence-electron chi connectivity index (χ1n) is 8.87. The lowest BCUT2D eigenvalue weighted by Gasteiger charge is -2.37. The molecule has 2 heterocycles. The smallest absolute Gasteiger partial charge is 0.242 e. The Morgan fingerprint density at radius 2 is 2.04 bits per heavy atom. The molecule has 0 radical (unpaired) electrons. The van der Waals surface area contributed by atoms with Crippen molar-refractivity contribution in [2.75, 3.05) is 33.4 Å².